The minimum atomic E-state index is -5.63. The van der Waals surface area contributed by atoms with Crippen LogP contribution in [0.25, 0.3) is 0 Å². The van der Waals surface area contributed by atoms with E-state index in [-0.39, 0.29) is 12.0 Å². The predicted octanol–water partition coefficient (Wildman–Crippen LogP) is 4.34. The minimum absolute atomic E-state index is 0.0664. The number of rotatable bonds is 6. The molecule has 1 aliphatic carbocycles. The van der Waals surface area contributed by atoms with Gasteiger partial charge in [-0.1, -0.05) is 12.1 Å². The van der Waals surface area contributed by atoms with Crippen molar-refractivity contribution >= 4 is 10.1 Å². The van der Waals surface area contributed by atoms with Crippen LogP contribution in [-0.4, -0.2) is 33.4 Å². The second-order valence-electron chi connectivity index (χ2n) is 7.02. The molecule has 1 saturated carbocycles. The van der Waals surface area contributed by atoms with Gasteiger partial charge >= 0.3 is 15.6 Å². The number of halogens is 3. The van der Waals surface area contributed by atoms with Crippen molar-refractivity contribution in [2.24, 2.45) is 5.92 Å². The first-order valence-electron chi connectivity index (χ1n) is 9.08. The van der Waals surface area contributed by atoms with Crippen molar-refractivity contribution in [1.29, 1.82) is 0 Å². The van der Waals surface area contributed by atoms with Crippen molar-refractivity contribution in [3.63, 3.8) is 0 Å². The molecule has 0 N–H and O–H groups in total. The van der Waals surface area contributed by atoms with Gasteiger partial charge in [-0.3, -0.25) is 0 Å². The first-order valence-corrected chi connectivity index (χ1v) is 10.5. The summed E-state index contributed by atoms with van der Waals surface area (Å²) in [5.74, 6) is 0.628. The van der Waals surface area contributed by atoms with E-state index in [4.69, 9.17) is 9.47 Å². The van der Waals surface area contributed by atoms with Crippen LogP contribution in [0.4, 0.5) is 13.2 Å². The third kappa shape index (κ3) is 5.36. The maximum absolute atomic E-state index is 12.4. The van der Waals surface area contributed by atoms with Crippen molar-refractivity contribution in [3.8, 4) is 5.75 Å². The molecule has 1 heterocycles. The standard InChI is InChI=1S/C18H23F3O5S/c19-18(20,21)27(22,23)26-16-8-6-15(7-9-16)14-4-1-13(2-5-14)3-10-17-24-11-12-25-17/h6-9,13-14,17H,1-5,10-12H2. The normalized spacial score (nSPS) is 24.9. The predicted molar refractivity (Wildman–Crippen MR) is 91.7 cm³/mol. The smallest absolute Gasteiger partial charge is 0.376 e. The molecule has 9 heteroatoms. The molecule has 1 aromatic carbocycles. The van der Waals surface area contributed by atoms with Crippen LogP contribution in [0.3, 0.4) is 0 Å². The molecule has 0 spiro atoms. The Morgan fingerprint density at radius 2 is 1.56 bits per heavy atom. The highest BCUT2D eigenvalue weighted by molar-refractivity contribution is 7.88. The first kappa shape index (κ1) is 20.4. The topological polar surface area (TPSA) is 61.8 Å². The minimum Gasteiger partial charge on any atom is -0.376 e. The molecule has 0 amide bonds. The van der Waals surface area contributed by atoms with Crippen LogP contribution in [0.15, 0.2) is 24.3 Å². The zero-order valence-corrected chi connectivity index (χ0v) is 15.6. The van der Waals surface area contributed by atoms with Gasteiger partial charge in [-0.25, -0.2) is 0 Å². The largest absolute Gasteiger partial charge is 0.534 e. The highest BCUT2D eigenvalue weighted by Crippen LogP contribution is 2.38. The van der Waals surface area contributed by atoms with E-state index in [0.717, 1.165) is 44.1 Å². The van der Waals surface area contributed by atoms with E-state index in [1.54, 1.807) is 12.1 Å². The monoisotopic (exact) mass is 408 g/mol. The summed E-state index contributed by atoms with van der Waals surface area (Å²) >= 11 is 0. The summed E-state index contributed by atoms with van der Waals surface area (Å²) in [6, 6.07) is 5.85. The third-order valence-electron chi connectivity index (χ3n) is 5.19. The van der Waals surface area contributed by atoms with E-state index < -0.39 is 15.6 Å². The van der Waals surface area contributed by atoms with E-state index in [0.29, 0.717) is 25.0 Å². The Hall–Kier alpha value is -1.32. The van der Waals surface area contributed by atoms with Crippen molar-refractivity contribution in [3.05, 3.63) is 29.8 Å². The lowest BCUT2D eigenvalue weighted by Gasteiger charge is -2.29. The lowest BCUT2D eigenvalue weighted by molar-refractivity contribution is -0.0511. The molecular formula is C18H23F3O5S. The summed E-state index contributed by atoms with van der Waals surface area (Å²) in [7, 11) is -5.63. The molecule has 2 fully saturated rings. The van der Waals surface area contributed by atoms with Crippen LogP contribution in [0.2, 0.25) is 0 Å². The maximum Gasteiger partial charge on any atom is 0.534 e. The Kier molecular flexibility index (Phi) is 6.32. The molecule has 0 radical (unpaired) electrons. The van der Waals surface area contributed by atoms with Crippen molar-refractivity contribution in [2.75, 3.05) is 13.2 Å². The van der Waals surface area contributed by atoms with Gasteiger partial charge in [0.15, 0.2) is 6.29 Å². The fourth-order valence-electron chi connectivity index (χ4n) is 3.70. The van der Waals surface area contributed by atoms with Crippen LogP contribution < -0.4 is 4.18 Å². The van der Waals surface area contributed by atoms with E-state index in [1.807, 2.05) is 0 Å². The Morgan fingerprint density at radius 1 is 0.963 bits per heavy atom. The van der Waals surface area contributed by atoms with Gasteiger partial charge in [0.25, 0.3) is 0 Å². The van der Waals surface area contributed by atoms with Crippen molar-refractivity contribution < 1.29 is 35.2 Å². The fourth-order valence-corrected chi connectivity index (χ4v) is 4.16. The van der Waals surface area contributed by atoms with E-state index in [2.05, 4.69) is 4.18 Å². The number of ether oxygens (including phenoxy) is 2. The summed E-state index contributed by atoms with van der Waals surface area (Å²) in [6.07, 6.45) is 6.07. The zero-order chi connectivity index (χ0) is 19.5. The molecule has 1 aromatic rings. The second kappa shape index (κ2) is 8.36. The Labute approximate surface area is 156 Å². The molecule has 2 aliphatic rings. The lowest BCUT2D eigenvalue weighted by Crippen LogP contribution is -2.28. The maximum atomic E-state index is 12.4. The van der Waals surface area contributed by atoms with Crippen LogP contribution in [0.5, 0.6) is 5.75 Å². The Morgan fingerprint density at radius 3 is 2.11 bits per heavy atom. The third-order valence-corrected chi connectivity index (χ3v) is 6.17. The molecule has 1 saturated heterocycles. The van der Waals surface area contributed by atoms with Crippen LogP contribution in [-0.2, 0) is 19.6 Å². The number of benzene rings is 1. The highest BCUT2D eigenvalue weighted by Gasteiger charge is 2.48. The Balaban J connectivity index is 1.48. The van der Waals surface area contributed by atoms with Crippen molar-refractivity contribution in [1.82, 2.24) is 0 Å². The molecule has 0 aromatic heterocycles. The summed E-state index contributed by atoms with van der Waals surface area (Å²) < 4.78 is 74.2. The van der Waals surface area contributed by atoms with Gasteiger partial charge < -0.3 is 13.7 Å². The van der Waals surface area contributed by atoms with Crippen LogP contribution >= 0.6 is 0 Å². The fraction of sp³-hybridized carbons (Fsp3) is 0.667. The number of hydrogen-bond donors (Lipinski definition) is 0. The first-order chi connectivity index (χ1) is 12.7. The van der Waals surface area contributed by atoms with Gasteiger partial charge in [-0.2, -0.15) is 21.6 Å². The molecule has 27 heavy (non-hydrogen) atoms. The summed E-state index contributed by atoms with van der Waals surface area (Å²) in [5, 5.41) is 0. The van der Waals surface area contributed by atoms with E-state index in [9.17, 15) is 21.6 Å². The molecule has 1 aliphatic heterocycles. The van der Waals surface area contributed by atoms with Crippen molar-refractivity contribution in [2.45, 2.75) is 56.2 Å². The van der Waals surface area contributed by atoms with Gasteiger partial charge in [0.05, 0.1) is 13.2 Å². The summed E-state index contributed by atoms with van der Waals surface area (Å²) in [6.45, 7) is 1.34. The van der Waals surface area contributed by atoms with Gasteiger partial charge in [-0.05, 0) is 68.1 Å². The molecular weight excluding hydrogens is 385 g/mol. The van der Waals surface area contributed by atoms with Gasteiger partial charge in [0.1, 0.15) is 5.75 Å². The summed E-state index contributed by atoms with van der Waals surface area (Å²) in [5.41, 5.74) is -4.44. The van der Waals surface area contributed by atoms with Gasteiger partial charge in [0.2, 0.25) is 0 Å². The van der Waals surface area contributed by atoms with Gasteiger partial charge in [-0.15, -0.1) is 0 Å². The molecule has 0 bridgehead atoms. The Bertz CT molecular complexity index is 704. The number of hydrogen-bond acceptors (Lipinski definition) is 5. The SMILES string of the molecule is O=S(=O)(Oc1ccc(C2CCC(CCC3OCCO3)CC2)cc1)C(F)(F)F. The van der Waals surface area contributed by atoms with E-state index >= 15 is 0 Å². The molecule has 0 atom stereocenters. The van der Waals surface area contributed by atoms with E-state index in [1.165, 1.54) is 12.1 Å². The summed E-state index contributed by atoms with van der Waals surface area (Å²) in [4.78, 5) is 0. The molecule has 152 valence electrons. The lowest BCUT2D eigenvalue weighted by atomic mass is 9.77. The average Bonchev–Trinajstić information content (AvgIpc) is 3.13. The molecule has 5 nitrogen and oxygen atoms in total. The zero-order valence-electron chi connectivity index (χ0n) is 14.8. The number of alkyl halides is 3. The molecule has 0 unspecified atom stereocenters. The van der Waals surface area contributed by atoms with Gasteiger partial charge in [0, 0.05) is 0 Å². The second-order valence-corrected chi connectivity index (χ2v) is 8.56. The van der Waals surface area contributed by atoms with Crippen LogP contribution in [0, 0.1) is 5.92 Å². The van der Waals surface area contributed by atoms with Crippen LogP contribution in [0.1, 0.15) is 50.0 Å². The average molecular weight is 408 g/mol. The highest BCUT2D eigenvalue weighted by atomic mass is 32.2. The quantitative estimate of drug-likeness (QED) is 0.518. The molecule has 3 rings (SSSR count).